The van der Waals surface area contributed by atoms with E-state index in [1.165, 1.54) is 0 Å². The second-order valence-corrected chi connectivity index (χ2v) is 16.0. The molecule has 7 N–H and O–H groups in total. The van der Waals surface area contributed by atoms with E-state index in [1.54, 1.807) is 16.7 Å². The van der Waals surface area contributed by atoms with Crippen molar-refractivity contribution in [3.8, 4) is 5.69 Å². The van der Waals surface area contributed by atoms with E-state index in [0.717, 1.165) is 72.2 Å². The molecule has 2 aromatic carbocycles. The summed E-state index contributed by atoms with van der Waals surface area (Å²) >= 11 is -0.0229. The molecule has 0 amide bonds. The topological polar surface area (TPSA) is 139 Å². The van der Waals surface area contributed by atoms with Gasteiger partial charge in [-0.1, -0.05) is 59.7 Å². The number of hydrogen-bond acceptors (Lipinski definition) is 6. The van der Waals surface area contributed by atoms with E-state index in [-0.39, 0.29) is 39.1 Å². The summed E-state index contributed by atoms with van der Waals surface area (Å²) in [5.74, 6) is 0.123. The zero-order valence-corrected chi connectivity index (χ0v) is 32.0. The molecular formula is C38H55F3N8OS. The lowest BCUT2D eigenvalue weighted by atomic mass is 9.85. The number of hydrogen-bond donors (Lipinski definition) is 5. The van der Waals surface area contributed by atoms with Crippen molar-refractivity contribution in [2.75, 3.05) is 20.1 Å². The summed E-state index contributed by atoms with van der Waals surface area (Å²) in [6.45, 7) is 16.7. The monoisotopic (exact) mass is 728 g/mol. The number of halogens is 3. The molecular weight excluding hydrogens is 674 g/mol. The molecule has 2 heterocycles. The van der Waals surface area contributed by atoms with Gasteiger partial charge in [-0.2, -0.15) is 18.2 Å². The number of H-pyrrole nitrogens is 1. The van der Waals surface area contributed by atoms with Crippen LogP contribution in [0.5, 0.6) is 0 Å². The van der Waals surface area contributed by atoms with E-state index in [2.05, 4.69) is 59.4 Å². The highest BCUT2D eigenvalue weighted by Crippen LogP contribution is 2.39. The van der Waals surface area contributed by atoms with Gasteiger partial charge in [0.1, 0.15) is 5.65 Å². The predicted octanol–water partition coefficient (Wildman–Crippen LogP) is 7.29. The number of nitrogens with two attached hydrogens (primary N) is 2. The Morgan fingerprint density at radius 2 is 1.67 bits per heavy atom. The molecule has 0 unspecified atom stereocenters. The van der Waals surface area contributed by atoms with E-state index in [0.29, 0.717) is 18.2 Å². The third-order valence-corrected chi connectivity index (χ3v) is 9.03. The Balaban J connectivity index is 0.000000287. The molecule has 4 rings (SSSR count). The number of guanidine groups is 1. The SMILES string of the molecule is CC(C)(C)c1cc2cn(-c3ccc(CNCCCN=C(N)N)cc3)c(=O)nc2[nH]1.CN[C@@H](C)CCCc1cc(SC(F)(F)F)cc(C(C)(C)C)c1. The van der Waals surface area contributed by atoms with Crippen LogP contribution in [-0.4, -0.2) is 52.2 Å². The minimum absolute atomic E-state index is 0.0229. The van der Waals surface area contributed by atoms with Crippen molar-refractivity contribution >= 4 is 28.8 Å². The van der Waals surface area contributed by atoms with Gasteiger partial charge in [-0.3, -0.25) is 9.56 Å². The number of nitrogens with one attached hydrogen (secondary N) is 3. The largest absolute Gasteiger partial charge is 0.446 e. The number of aliphatic imine (C=N–C) groups is 1. The van der Waals surface area contributed by atoms with Gasteiger partial charge in [-0.05, 0) is 110 Å². The van der Waals surface area contributed by atoms with Crippen molar-refractivity contribution in [3.63, 3.8) is 0 Å². The Morgan fingerprint density at radius 3 is 2.25 bits per heavy atom. The number of alkyl halides is 3. The first-order valence-corrected chi connectivity index (χ1v) is 18.1. The van der Waals surface area contributed by atoms with Crippen LogP contribution in [0.25, 0.3) is 16.7 Å². The number of rotatable bonds is 13. The highest BCUT2D eigenvalue weighted by Gasteiger charge is 2.30. The second kappa shape index (κ2) is 18.1. The lowest BCUT2D eigenvalue weighted by Gasteiger charge is -2.21. The van der Waals surface area contributed by atoms with Crippen molar-refractivity contribution in [1.82, 2.24) is 25.2 Å². The van der Waals surface area contributed by atoms with Crippen LogP contribution >= 0.6 is 11.8 Å². The third kappa shape index (κ3) is 14.0. The molecule has 0 spiro atoms. The maximum Gasteiger partial charge on any atom is 0.446 e. The summed E-state index contributed by atoms with van der Waals surface area (Å²) in [5.41, 5.74) is 11.4. The lowest BCUT2D eigenvalue weighted by Crippen LogP contribution is -2.23. The number of fused-ring (bicyclic) bond motifs is 1. The molecule has 0 saturated carbocycles. The zero-order valence-electron chi connectivity index (χ0n) is 31.2. The van der Waals surface area contributed by atoms with Crippen LogP contribution in [0, 0.1) is 0 Å². The van der Waals surface area contributed by atoms with Crippen molar-refractivity contribution in [1.29, 1.82) is 0 Å². The predicted molar refractivity (Wildman–Crippen MR) is 206 cm³/mol. The van der Waals surface area contributed by atoms with Gasteiger partial charge in [0.05, 0.1) is 5.69 Å². The van der Waals surface area contributed by atoms with Crippen molar-refractivity contribution in [2.24, 2.45) is 16.5 Å². The number of nitrogens with zero attached hydrogens (tertiary/aromatic N) is 3. The van der Waals surface area contributed by atoms with Crippen LogP contribution < -0.4 is 27.8 Å². The maximum atomic E-state index is 12.7. The van der Waals surface area contributed by atoms with Gasteiger partial charge in [-0.25, -0.2) is 4.79 Å². The second-order valence-electron chi connectivity index (χ2n) is 14.9. The summed E-state index contributed by atoms with van der Waals surface area (Å²) in [4.78, 5) is 24.2. The number of aryl methyl sites for hydroxylation is 1. The molecule has 13 heteroatoms. The van der Waals surface area contributed by atoms with Crippen LogP contribution in [0.15, 0.2) is 69.4 Å². The highest BCUT2D eigenvalue weighted by atomic mass is 32.2. The molecule has 0 bridgehead atoms. The summed E-state index contributed by atoms with van der Waals surface area (Å²) in [6.07, 6.45) is 5.49. The fourth-order valence-electron chi connectivity index (χ4n) is 5.19. The quantitative estimate of drug-likeness (QED) is 0.0422. The zero-order chi connectivity index (χ0) is 38.0. The molecule has 0 fully saturated rings. The number of thioether (sulfide) groups is 1. The first-order valence-electron chi connectivity index (χ1n) is 17.3. The van der Waals surface area contributed by atoms with E-state index >= 15 is 0 Å². The number of aromatic amines is 1. The van der Waals surface area contributed by atoms with Crippen LogP contribution in [0.4, 0.5) is 13.2 Å². The van der Waals surface area contributed by atoms with Crippen molar-refractivity contribution in [2.45, 2.75) is 108 Å². The summed E-state index contributed by atoms with van der Waals surface area (Å²) in [5, 5.41) is 7.45. The summed E-state index contributed by atoms with van der Waals surface area (Å²) < 4.78 is 39.6. The normalized spacial score (nSPS) is 12.8. The van der Waals surface area contributed by atoms with Gasteiger partial charge in [-0.15, -0.1) is 0 Å². The van der Waals surface area contributed by atoms with Gasteiger partial charge in [0, 0.05) is 46.7 Å². The van der Waals surface area contributed by atoms with E-state index in [4.69, 9.17) is 11.5 Å². The fraction of sp³-hybridized carbons (Fsp3) is 0.500. The standard InChI is InChI=1S/C21H29N7O.C17H26F3NS/c1-21(2,3)17-11-15-13-28(20(29)27-18(15)26-17)16-7-5-14(6-8-16)12-24-9-4-10-25-19(22)23;1-12(21-5)7-6-8-13-9-14(16(2,3)4)11-15(10-13)22-17(18,19)20/h5-8,11,13,24H,4,9-10,12H2,1-3H3,(H4,22,23,25)(H,26,27,29);9-12,21H,6-8H2,1-5H3/t;12-/m.0/s1. The minimum Gasteiger partial charge on any atom is -0.370 e. The van der Waals surface area contributed by atoms with E-state index in [1.807, 2.05) is 64.3 Å². The molecule has 9 nitrogen and oxygen atoms in total. The van der Waals surface area contributed by atoms with Gasteiger partial charge in [0.15, 0.2) is 5.96 Å². The Morgan fingerprint density at radius 1 is 0.980 bits per heavy atom. The smallest absolute Gasteiger partial charge is 0.370 e. The van der Waals surface area contributed by atoms with E-state index in [9.17, 15) is 18.0 Å². The summed E-state index contributed by atoms with van der Waals surface area (Å²) in [6, 6.07) is 15.7. The molecule has 0 saturated heterocycles. The first-order chi connectivity index (χ1) is 23.7. The lowest BCUT2D eigenvalue weighted by molar-refractivity contribution is -0.0328. The Bertz CT molecular complexity index is 1780. The average Bonchev–Trinajstić information content (AvgIpc) is 3.45. The van der Waals surface area contributed by atoms with E-state index < -0.39 is 5.51 Å². The third-order valence-electron chi connectivity index (χ3n) is 8.33. The van der Waals surface area contributed by atoms with Gasteiger partial charge >= 0.3 is 11.2 Å². The minimum atomic E-state index is -4.24. The van der Waals surface area contributed by atoms with Gasteiger partial charge in [0.2, 0.25) is 0 Å². The van der Waals surface area contributed by atoms with Crippen LogP contribution in [0.1, 0.15) is 90.1 Å². The van der Waals surface area contributed by atoms with Crippen molar-refractivity contribution < 1.29 is 13.2 Å². The maximum absolute atomic E-state index is 12.7. The molecule has 51 heavy (non-hydrogen) atoms. The van der Waals surface area contributed by atoms with Crippen LogP contribution in [0.2, 0.25) is 0 Å². The van der Waals surface area contributed by atoms with Crippen LogP contribution in [0.3, 0.4) is 0 Å². The Kier molecular flexibility index (Phi) is 14.8. The fourth-order valence-corrected chi connectivity index (χ4v) is 5.85. The first kappa shape index (κ1) is 41.6. The van der Waals surface area contributed by atoms with Crippen LogP contribution in [-0.2, 0) is 23.8 Å². The Hall–Kier alpha value is -3.81. The number of aromatic nitrogens is 3. The van der Waals surface area contributed by atoms with Crippen molar-refractivity contribution in [3.05, 3.63) is 87.6 Å². The molecule has 0 aliphatic heterocycles. The van der Waals surface area contributed by atoms with Gasteiger partial charge < -0.3 is 27.1 Å². The summed E-state index contributed by atoms with van der Waals surface area (Å²) in [7, 11) is 1.92. The molecule has 0 aliphatic rings. The highest BCUT2D eigenvalue weighted by molar-refractivity contribution is 8.00. The molecule has 0 aliphatic carbocycles. The molecule has 4 aromatic rings. The molecule has 1 atom stereocenters. The molecule has 280 valence electrons. The Labute approximate surface area is 304 Å². The van der Waals surface area contributed by atoms with Gasteiger partial charge in [0.25, 0.3) is 0 Å². The molecule has 2 aromatic heterocycles. The number of benzene rings is 2. The average molecular weight is 729 g/mol. The molecule has 0 radical (unpaired) electrons.